The molecule has 2 unspecified atom stereocenters. The smallest absolute Gasteiger partial charge is 0.322 e. The number of rotatable bonds is 4. The number of carboxylic acids is 1. The number of aliphatic hydroxyl groups is 1. The predicted octanol–water partition coefficient (Wildman–Crippen LogP) is -1.40. The fourth-order valence-corrected chi connectivity index (χ4v) is 1.82. The van der Waals surface area contributed by atoms with E-state index in [4.69, 9.17) is 5.11 Å². The van der Waals surface area contributed by atoms with Crippen molar-refractivity contribution in [1.82, 2.24) is 15.5 Å². The van der Waals surface area contributed by atoms with Crippen LogP contribution in [0.2, 0.25) is 0 Å². The summed E-state index contributed by atoms with van der Waals surface area (Å²) in [6.07, 6.45) is 0.114. The van der Waals surface area contributed by atoms with Crippen LogP contribution in [-0.2, 0) is 9.59 Å². The number of urea groups is 1. The van der Waals surface area contributed by atoms with Gasteiger partial charge in [0.1, 0.15) is 6.54 Å². The Kier molecular flexibility index (Phi) is 5.56. The second-order valence-corrected chi connectivity index (χ2v) is 4.61. The first-order valence-corrected chi connectivity index (χ1v) is 6.09. The Hall–Kier alpha value is -1.83. The van der Waals surface area contributed by atoms with Gasteiger partial charge in [0.25, 0.3) is 0 Å². The summed E-state index contributed by atoms with van der Waals surface area (Å²) in [5.41, 5.74) is 0. The molecule has 0 aromatic rings. The van der Waals surface area contributed by atoms with Gasteiger partial charge in [0.05, 0.1) is 12.6 Å². The number of aliphatic carboxylic acids is 1. The molecule has 1 fully saturated rings. The molecule has 1 heterocycles. The van der Waals surface area contributed by atoms with Gasteiger partial charge in [-0.3, -0.25) is 9.59 Å². The lowest BCUT2D eigenvalue weighted by molar-refractivity contribution is -0.137. The average Bonchev–Trinajstić information content (AvgIpc) is 2.36. The van der Waals surface area contributed by atoms with Crippen LogP contribution in [0.25, 0.3) is 0 Å². The Bertz CT molecular complexity index is 360. The number of carboxylic acid groups (broad SMARTS) is 1. The zero-order valence-electron chi connectivity index (χ0n) is 10.8. The molecule has 0 aliphatic carbocycles. The molecule has 3 amide bonds. The van der Waals surface area contributed by atoms with Gasteiger partial charge in [-0.05, 0) is 12.3 Å². The number of nitrogens with one attached hydrogen (secondary N) is 2. The molecular formula is C11H19N3O5. The number of aliphatic hydroxyl groups excluding tert-OH is 1. The van der Waals surface area contributed by atoms with Crippen molar-refractivity contribution in [1.29, 1.82) is 0 Å². The fourth-order valence-electron chi connectivity index (χ4n) is 1.82. The largest absolute Gasteiger partial charge is 0.480 e. The van der Waals surface area contributed by atoms with E-state index in [-0.39, 0.29) is 18.5 Å². The monoisotopic (exact) mass is 273 g/mol. The van der Waals surface area contributed by atoms with E-state index < -0.39 is 24.5 Å². The van der Waals surface area contributed by atoms with Crippen LogP contribution in [0.5, 0.6) is 0 Å². The van der Waals surface area contributed by atoms with Crippen molar-refractivity contribution in [2.75, 3.05) is 26.2 Å². The molecule has 0 radical (unpaired) electrons. The van der Waals surface area contributed by atoms with Gasteiger partial charge in [0, 0.05) is 13.1 Å². The molecule has 8 heteroatoms. The van der Waals surface area contributed by atoms with Crippen LogP contribution in [0.15, 0.2) is 0 Å². The van der Waals surface area contributed by atoms with Crippen LogP contribution in [0.1, 0.15) is 13.3 Å². The zero-order chi connectivity index (χ0) is 14.4. The maximum absolute atomic E-state index is 11.7. The number of piperidine rings is 1. The Morgan fingerprint density at radius 1 is 1.26 bits per heavy atom. The average molecular weight is 273 g/mol. The lowest BCUT2D eigenvalue weighted by Crippen LogP contribution is -2.50. The third-order valence-corrected chi connectivity index (χ3v) is 2.98. The van der Waals surface area contributed by atoms with Crippen LogP contribution in [0, 0.1) is 5.92 Å². The van der Waals surface area contributed by atoms with E-state index in [1.54, 1.807) is 0 Å². The zero-order valence-corrected chi connectivity index (χ0v) is 10.8. The highest BCUT2D eigenvalue weighted by atomic mass is 16.4. The minimum atomic E-state index is -1.14. The summed E-state index contributed by atoms with van der Waals surface area (Å²) in [5.74, 6) is -1.69. The maximum atomic E-state index is 11.7. The Morgan fingerprint density at radius 3 is 2.53 bits per heavy atom. The molecule has 0 spiro atoms. The molecule has 8 nitrogen and oxygen atoms in total. The highest BCUT2D eigenvalue weighted by Crippen LogP contribution is 2.16. The number of nitrogens with zero attached hydrogens (tertiary/aromatic N) is 1. The van der Waals surface area contributed by atoms with E-state index >= 15 is 0 Å². The third-order valence-electron chi connectivity index (χ3n) is 2.98. The third kappa shape index (κ3) is 5.12. The summed E-state index contributed by atoms with van der Waals surface area (Å²) < 4.78 is 0. The van der Waals surface area contributed by atoms with Crippen molar-refractivity contribution < 1.29 is 24.6 Å². The molecule has 19 heavy (non-hydrogen) atoms. The van der Waals surface area contributed by atoms with Gasteiger partial charge in [-0.25, -0.2) is 4.79 Å². The molecule has 0 bridgehead atoms. The lowest BCUT2D eigenvalue weighted by atomic mass is 9.97. The quantitative estimate of drug-likeness (QED) is 0.502. The number of carbonyl (C=O) groups is 3. The number of likely N-dealkylation sites (tertiary alicyclic amines) is 1. The fraction of sp³-hybridized carbons (Fsp3) is 0.727. The maximum Gasteiger partial charge on any atom is 0.322 e. The Balaban J connectivity index is 2.27. The van der Waals surface area contributed by atoms with E-state index in [9.17, 15) is 19.5 Å². The molecule has 4 N–H and O–H groups in total. The number of carbonyl (C=O) groups excluding carboxylic acids is 2. The Labute approximate surface area is 110 Å². The molecule has 0 aromatic heterocycles. The minimum absolute atomic E-state index is 0.000312. The van der Waals surface area contributed by atoms with Crippen molar-refractivity contribution >= 4 is 17.9 Å². The summed E-state index contributed by atoms with van der Waals surface area (Å²) in [6.45, 7) is 1.99. The molecule has 1 saturated heterocycles. The van der Waals surface area contributed by atoms with Crippen LogP contribution in [0.4, 0.5) is 4.79 Å². The van der Waals surface area contributed by atoms with E-state index in [1.165, 1.54) is 4.90 Å². The van der Waals surface area contributed by atoms with Gasteiger partial charge in [0.2, 0.25) is 5.91 Å². The summed E-state index contributed by atoms with van der Waals surface area (Å²) in [7, 11) is 0. The van der Waals surface area contributed by atoms with E-state index in [2.05, 4.69) is 10.6 Å². The number of hydrogen-bond acceptors (Lipinski definition) is 4. The SMILES string of the molecule is CC1CN(C(=O)NCC(=O)NCC(=O)O)CCC1O. The van der Waals surface area contributed by atoms with E-state index in [0.717, 1.165) is 0 Å². The van der Waals surface area contributed by atoms with E-state index in [1.807, 2.05) is 6.92 Å². The predicted molar refractivity (Wildman–Crippen MR) is 65.4 cm³/mol. The summed E-state index contributed by atoms with van der Waals surface area (Å²) in [5, 5.41) is 22.5. The molecule has 1 rings (SSSR count). The van der Waals surface area contributed by atoms with Crippen molar-refractivity contribution in [3.05, 3.63) is 0 Å². The second kappa shape index (κ2) is 6.93. The van der Waals surface area contributed by atoms with Crippen LogP contribution >= 0.6 is 0 Å². The Morgan fingerprint density at radius 2 is 1.95 bits per heavy atom. The van der Waals surface area contributed by atoms with Crippen LogP contribution < -0.4 is 10.6 Å². The van der Waals surface area contributed by atoms with Gasteiger partial charge in [-0.2, -0.15) is 0 Å². The van der Waals surface area contributed by atoms with Gasteiger partial charge in [0.15, 0.2) is 0 Å². The first kappa shape index (κ1) is 15.2. The minimum Gasteiger partial charge on any atom is -0.480 e. The molecule has 1 aliphatic heterocycles. The number of amides is 3. The first-order valence-electron chi connectivity index (χ1n) is 6.09. The molecule has 1 aliphatic rings. The molecular weight excluding hydrogens is 254 g/mol. The summed E-state index contributed by atoms with van der Waals surface area (Å²) >= 11 is 0. The highest BCUT2D eigenvalue weighted by Gasteiger charge is 2.27. The molecule has 0 saturated carbocycles. The lowest BCUT2D eigenvalue weighted by Gasteiger charge is -2.34. The van der Waals surface area contributed by atoms with Gasteiger partial charge >= 0.3 is 12.0 Å². The molecule has 108 valence electrons. The highest BCUT2D eigenvalue weighted by molar-refractivity contribution is 5.86. The normalized spacial score (nSPS) is 22.7. The second-order valence-electron chi connectivity index (χ2n) is 4.61. The van der Waals surface area contributed by atoms with E-state index in [0.29, 0.717) is 19.5 Å². The van der Waals surface area contributed by atoms with Crippen molar-refractivity contribution in [2.45, 2.75) is 19.4 Å². The molecule has 2 atom stereocenters. The summed E-state index contributed by atoms with van der Waals surface area (Å²) in [4.78, 5) is 34.7. The van der Waals surface area contributed by atoms with Gasteiger partial charge in [-0.1, -0.05) is 6.92 Å². The van der Waals surface area contributed by atoms with Crippen LogP contribution in [0.3, 0.4) is 0 Å². The topological polar surface area (TPSA) is 119 Å². The van der Waals surface area contributed by atoms with Gasteiger partial charge in [-0.15, -0.1) is 0 Å². The number of hydrogen-bond donors (Lipinski definition) is 4. The van der Waals surface area contributed by atoms with Crippen LogP contribution in [-0.4, -0.2) is 65.3 Å². The van der Waals surface area contributed by atoms with Gasteiger partial charge < -0.3 is 25.7 Å². The summed E-state index contributed by atoms with van der Waals surface area (Å²) in [6, 6.07) is -0.385. The first-order chi connectivity index (χ1) is 8.90. The molecule has 0 aromatic carbocycles. The van der Waals surface area contributed by atoms with Crippen molar-refractivity contribution in [2.24, 2.45) is 5.92 Å². The van der Waals surface area contributed by atoms with Crippen molar-refractivity contribution in [3.8, 4) is 0 Å². The standard InChI is InChI=1S/C11H19N3O5/c1-7-6-14(3-2-8(7)15)11(19)13-4-9(16)12-5-10(17)18/h7-8,15H,2-6H2,1H3,(H,12,16)(H,13,19)(H,17,18). The van der Waals surface area contributed by atoms with Crippen molar-refractivity contribution in [3.63, 3.8) is 0 Å².